The van der Waals surface area contributed by atoms with E-state index in [1.165, 1.54) is 18.2 Å². The minimum Gasteiger partial charge on any atom is -0.340 e. The summed E-state index contributed by atoms with van der Waals surface area (Å²) in [7, 11) is 0. The van der Waals surface area contributed by atoms with E-state index < -0.39 is 17.5 Å². The first-order valence-corrected chi connectivity index (χ1v) is 8.58. The maximum atomic E-state index is 14.5. The van der Waals surface area contributed by atoms with E-state index in [0.717, 1.165) is 18.2 Å². The van der Waals surface area contributed by atoms with Crippen molar-refractivity contribution in [2.75, 3.05) is 6.54 Å². The normalized spacial score (nSPS) is 16.0. The summed E-state index contributed by atoms with van der Waals surface area (Å²) in [5, 5.41) is 9.11. The number of carbonyl (C=O) groups is 1. The standard InChI is InChI=1S/C22H13F3N2O/c23-14-5-6-15(18(25)11-14)19-2-1-3-20-22(21(28)8-9-27(19)20)16-10-13(12-26)4-7-17(16)24/h1-7,10-11H,8-9H2. The third-order valence-electron chi connectivity index (χ3n) is 4.76. The Hall–Kier alpha value is -3.59. The van der Waals surface area contributed by atoms with E-state index >= 15 is 0 Å². The molecule has 2 aliphatic rings. The number of Topliss-reactive ketones (excluding diaryl/α,β-unsaturated/α-hetero) is 1. The number of allylic oxidation sites excluding steroid dienone is 4. The van der Waals surface area contributed by atoms with Crippen molar-refractivity contribution in [3.05, 3.63) is 94.5 Å². The molecule has 0 N–H and O–H groups in total. The second-order valence-electron chi connectivity index (χ2n) is 6.43. The topological polar surface area (TPSA) is 44.1 Å². The van der Waals surface area contributed by atoms with Crippen LogP contribution in [0.4, 0.5) is 13.2 Å². The molecular formula is C22H13F3N2O. The van der Waals surface area contributed by atoms with E-state index in [-0.39, 0.29) is 41.0 Å². The van der Waals surface area contributed by atoms with Gasteiger partial charge in [0.25, 0.3) is 0 Å². The number of halogens is 3. The zero-order valence-corrected chi connectivity index (χ0v) is 14.5. The summed E-state index contributed by atoms with van der Waals surface area (Å²) < 4.78 is 42.1. The van der Waals surface area contributed by atoms with Crippen molar-refractivity contribution in [2.24, 2.45) is 0 Å². The van der Waals surface area contributed by atoms with Crippen molar-refractivity contribution >= 4 is 17.1 Å². The number of hydrogen-bond acceptors (Lipinski definition) is 3. The summed E-state index contributed by atoms with van der Waals surface area (Å²) in [6, 6.07) is 9.05. The molecule has 0 unspecified atom stereocenters. The Kier molecular flexibility index (Phi) is 4.36. The molecule has 0 saturated heterocycles. The van der Waals surface area contributed by atoms with Crippen molar-refractivity contribution in [1.29, 1.82) is 5.26 Å². The van der Waals surface area contributed by atoms with Gasteiger partial charge in [-0.3, -0.25) is 4.79 Å². The molecule has 0 saturated carbocycles. The largest absolute Gasteiger partial charge is 0.340 e. The van der Waals surface area contributed by atoms with E-state index in [2.05, 4.69) is 0 Å². The number of ketones is 1. The molecule has 0 spiro atoms. The van der Waals surface area contributed by atoms with Gasteiger partial charge in [0, 0.05) is 30.2 Å². The lowest BCUT2D eigenvalue weighted by atomic mass is 9.90. The van der Waals surface area contributed by atoms with Gasteiger partial charge in [-0.2, -0.15) is 5.26 Å². The maximum absolute atomic E-state index is 14.5. The molecule has 2 aromatic carbocycles. The zero-order valence-electron chi connectivity index (χ0n) is 14.5. The zero-order chi connectivity index (χ0) is 19.8. The molecule has 0 aliphatic carbocycles. The number of nitrogens with zero attached hydrogens (tertiary/aromatic N) is 2. The van der Waals surface area contributed by atoms with Crippen LogP contribution in [0.1, 0.15) is 23.1 Å². The Morgan fingerprint density at radius 1 is 1.00 bits per heavy atom. The highest BCUT2D eigenvalue weighted by molar-refractivity contribution is 6.23. The molecule has 2 heterocycles. The van der Waals surface area contributed by atoms with Crippen LogP contribution in [0.3, 0.4) is 0 Å². The van der Waals surface area contributed by atoms with Crippen molar-refractivity contribution in [2.45, 2.75) is 6.42 Å². The summed E-state index contributed by atoms with van der Waals surface area (Å²) in [6.45, 7) is 0.282. The monoisotopic (exact) mass is 378 g/mol. The lowest BCUT2D eigenvalue weighted by Gasteiger charge is -2.35. The Bertz CT molecular complexity index is 1140. The van der Waals surface area contributed by atoms with Gasteiger partial charge >= 0.3 is 0 Å². The minimum absolute atomic E-state index is 0.0363. The van der Waals surface area contributed by atoms with Gasteiger partial charge in [0.05, 0.1) is 28.6 Å². The number of hydrogen-bond donors (Lipinski definition) is 0. The van der Waals surface area contributed by atoms with Gasteiger partial charge < -0.3 is 4.90 Å². The van der Waals surface area contributed by atoms with Crippen molar-refractivity contribution in [3.63, 3.8) is 0 Å². The molecule has 0 bridgehead atoms. The predicted molar refractivity (Wildman–Crippen MR) is 97.8 cm³/mol. The average molecular weight is 378 g/mol. The van der Waals surface area contributed by atoms with Crippen LogP contribution in [0.25, 0.3) is 11.3 Å². The highest BCUT2D eigenvalue weighted by atomic mass is 19.1. The SMILES string of the molecule is N#Cc1ccc(F)c(C2=C3C=CC=C(c4ccc(F)cc4F)N3CCC2=O)c1. The third kappa shape index (κ3) is 2.91. The van der Waals surface area contributed by atoms with Crippen LogP contribution in [-0.4, -0.2) is 17.2 Å². The lowest BCUT2D eigenvalue weighted by Crippen LogP contribution is -2.32. The molecule has 0 fully saturated rings. The van der Waals surface area contributed by atoms with Gasteiger partial charge in [-0.05, 0) is 42.5 Å². The number of fused-ring (bicyclic) bond motifs is 1. The quantitative estimate of drug-likeness (QED) is 0.769. The molecule has 0 amide bonds. The highest BCUT2D eigenvalue weighted by Crippen LogP contribution is 2.38. The first-order valence-electron chi connectivity index (χ1n) is 8.58. The Labute approximate surface area is 159 Å². The van der Waals surface area contributed by atoms with Crippen LogP contribution in [0.5, 0.6) is 0 Å². The average Bonchev–Trinajstić information content (AvgIpc) is 2.68. The summed E-state index contributed by atoms with van der Waals surface area (Å²) in [5.41, 5.74) is 1.47. The number of nitriles is 1. The van der Waals surface area contributed by atoms with Crippen molar-refractivity contribution in [1.82, 2.24) is 4.90 Å². The third-order valence-corrected chi connectivity index (χ3v) is 4.76. The summed E-state index contributed by atoms with van der Waals surface area (Å²) in [6.07, 6.45) is 5.04. The summed E-state index contributed by atoms with van der Waals surface area (Å²) in [4.78, 5) is 14.4. The van der Waals surface area contributed by atoms with E-state index in [0.29, 0.717) is 11.4 Å². The summed E-state index contributed by atoms with van der Waals surface area (Å²) >= 11 is 0. The van der Waals surface area contributed by atoms with Gasteiger partial charge in [0.1, 0.15) is 17.5 Å². The molecule has 3 nitrogen and oxygen atoms in total. The fourth-order valence-electron chi connectivity index (χ4n) is 3.49. The van der Waals surface area contributed by atoms with Crippen LogP contribution < -0.4 is 0 Å². The van der Waals surface area contributed by atoms with Crippen LogP contribution >= 0.6 is 0 Å². The van der Waals surface area contributed by atoms with Gasteiger partial charge in [-0.1, -0.05) is 6.08 Å². The van der Waals surface area contributed by atoms with E-state index in [1.807, 2.05) is 6.07 Å². The molecule has 28 heavy (non-hydrogen) atoms. The van der Waals surface area contributed by atoms with Gasteiger partial charge in [0.2, 0.25) is 0 Å². The fourth-order valence-corrected chi connectivity index (χ4v) is 3.49. The fraction of sp³-hybridized carbons (Fsp3) is 0.0909. The summed E-state index contributed by atoms with van der Waals surface area (Å²) in [5.74, 6) is -2.29. The first kappa shape index (κ1) is 17.8. The Balaban J connectivity index is 1.89. The van der Waals surface area contributed by atoms with Gasteiger partial charge in [-0.15, -0.1) is 0 Å². The molecule has 2 aliphatic heterocycles. The highest BCUT2D eigenvalue weighted by Gasteiger charge is 2.31. The maximum Gasteiger partial charge on any atom is 0.167 e. The molecular weight excluding hydrogens is 365 g/mol. The second-order valence-corrected chi connectivity index (χ2v) is 6.43. The number of carbonyl (C=O) groups excluding carboxylic acids is 1. The lowest BCUT2D eigenvalue weighted by molar-refractivity contribution is -0.114. The van der Waals surface area contributed by atoms with Crippen LogP contribution in [-0.2, 0) is 4.79 Å². The molecule has 138 valence electrons. The Morgan fingerprint density at radius 2 is 1.82 bits per heavy atom. The first-order chi connectivity index (χ1) is 13.5. The smallest absolute Gasteiger partial charge is 0.167 e. The molecule has 2 aromatic rings. The van der Waals surface area contributed by atoms with Gasteiger partial charge in [-0.25, -0.2) is 13.2 Å². The van der Waals surface area contributed by atoms with Crippen molar-refractivity contribution in [3.8, 4) is 6.07 Å². The molecule has 4 rings (SSSR count). The van der Waals surface area contributed by atoms with Crippen LogP contribution in [0.2, 0.25) is 0 Å². The second kappa shape index (κ2) is 6.86. The number of rotatable bonds is 2. The van der Waals surface area contributed by atoms with Crippen LogP contribution in [0.15, 0.2) is 60.3 Å². The molecule has 6 heteroatoms. The Morgan fingerprint density at radius 3 is 2.57 bits per heavy atom. The van der Waals surface area contributed by atoms with Gasteiger partial charge in [0.15, 0.2) is 5.78 Å². The van der Waals surface area contributed by atoms with E-state index in [4.69, 9.17) is 5.26 Å². The minimum atomic E-state index is -0.725. The van der Waals surface area contributed by atoms with Crippen LogP contribution in [0, 0.1) is 28.8 Å². The molecule has 0 atom stereocenters. The predicted octanol–water partition coefficient (Wildman–Crippen LogP) is 4.57. The molecule has 0 aromatic heterocycles. The van der Waals surface area contributed by atoms with E-state index in [9.17, 15) is 18.0 Å². The number of benzene rings is 2. The molecule has 0 radical (unpaired) electrons. The van der Waals surface area contributed by atoms with E-state index in [1.54, 1.807) is 23.1 Å². The van der Waals surface area contributed by atoms with Crippen molar-refractivity contribution < 1.29 is 18.0 Å².